The van der Waals surface area contributed by atoms with Gasteiger partial charge in [-0.05, 0) is 6.92 Å². The molecule has 0 fully saturated rings. The zero-order valence-corrected chi connectivity index (χ0v) is 7.46. The second-order valence-electron chi connectivity index (χ2n) is 2.86. The van der Waals surface area contributed by atoms with E-state index in [9.17, 15) is 4.79 Å². The lowest BCUT2D eigenvalue weighted by Crippen LogP contribution is -2.00. The van der Waals surface area contributed by atoms with Crippen LogP contribution in [-0.2, 0) is 0 Å². The topological polar surface area (TPSA) is 48.4 Å². The molecule has 0 N–H and O–H groups in total. The number of rotatable bonds is 1. The maximum absolute atomic E-state index is 11.3. The van der Waals surface area contributed by atoms with Crippen molar-refractivity contribution in [2.45, 2.75) is 6.92 Å². The van der Waals surface area contributed by atoms with Crippen LogP contribution in [0.5, 0.6) is 11.6 Å². The zero-order chi connectivity index (χ0) is 9.42. The number of fused-ring (bicyclic) bond motifs is 1. The summed E-state index contributed by atoms with van der Waals surface area (Å²) in [6.45, 7) is 1.90. The van der Waals surface area contributed by atoms with E-state index in [1.165, 1.54) is 7.11 Å². The number of aromatic nitrogens is 1. The first-order chi connectivity index (χ1) is 6.22. The van der Waals surface area contributed by atoms with Gasteiger partial charge in [-0.15, -0.1) is 0 Å². The Morgan fingerprint density at radius 2 is 2.38 bits per heavy atom. The molecule has 1 aliphatic rings. The van der Waals surface area contributed by atoms with Crippen LogP contribution in [0.15, 0.2) is 6.07 Å². The third-order valence-electron chi connectivity index (χ3n) is 1.92. The molecule has 0 bridgehead atoms. The van der Waals surface area contributed by atoms with Crippen molar-refractivity contribution in [3.05, 3.63) is 17.3 Å². The molecule has 0 amide bonds. The highest BCUT2D eigenvalue weighted by Crippen LogP contribution is 2.31. The molecule has 1 aromatic rings. The third kappa shape index (κ3) is 1.14. The van der Waals surface area contributed by atoms with Crippen LogP contribution in [0.3, 0.4) is 0 Å². The molecule has 0 unspecified atom stereocenters. The minimum Gasteiger partial charge on any atom is -0.496 e. The van der Waals surface area contributed by atoms with Crippen molar-refractivity contribution >= 4 is 5.78 Å². The van der Waals surface area contributed by atoms with Gasteiger partial charge in [-0.1, -0.05) is 0 Å². The number of pyridine rings is 1. The van der Waals surface area contributed by atoms with Crippen molar-refractivity contribution in [3.8, 4) is 11.6 Å². The Bertz CT molecular complexity index is 373. The van der Waals surface area contributed by atoms with Crippen molar-refractivity contribution in [1.82, 2.24) is 4.98 Å². The number of aryl methyl sites for hydroxylation is 1. The lowest BCUT2D eigenvalue weighted by atomic mass is 10.2. The van der Waals surface area contributed by atoms with E-state index in [1.54, 1.807) is 6.07 Å². The van der Waals surface area contributed by atoms with E-state index < -0.39 is 0 Å². The Labute approximate surface area is 75.5 Å². The summed E-state index contributed by atoms with van der Waals surface area (Å²) >= 11 is 0. The van der Waals surface area contributed by atoms with Gasteiger partial charge in [-0.25, -0.2) is 4.98 Å². The van der Waals surface area contributed by atoms with Crippen molar-refractivity contribution in [3.63, 3.8) is 0 Å². The number of carbonyl (C=O) groups is 1. The van der Waals surface area contributed by atoms with Gasteiger partial charge in [0.15, 0.2) is 6.61 Å². The fourth-order valence-electron chi connectivity index (χ4n) is 1.34. The van der Waals surface area contributed by atoms with Crippen LogP contribution in [0.2, 0.25) is 0 Å². The van der Waals surface area contributed by atoms with E-state index >= 15 is 0 Å². The number of methoxy groups -OCH3 is 1. The summed E-state index contributed by atoms with van der Waals surface area (Å²) in [5, 5.41) is 0. The number of nitrogens with zero attached hydrogens (tertiary/aromatic N) is 1. The normalized spacial score (nSPS) is 13.8. The van der Waals surface area contributed by atoms with Gasteiger partial charge in [-0.2, -0.15) is 0 Å². The maximum Gasteiger partial charge on any atom is 0.229 e. The van der Waals surface area contributed by atoms with Gasteiger partial charge in [-0.3, -0.25) is 4.79 Å². The Hall–Kier alpha value is -1.58. The summed E-state index contributed by atoms with van der Waals surface area (Å²) < 4.78 is 10.2. The Kier molecular flexibility index (Phi) is 1.69. The largest absolute Gasteiger partial charge is 0.496 e. The maximum atomic E-state index is 11.3. The van der Waals surface area contributed by atoms with Crippen molar-refractivity contribution in [2.75, 3.05) is 13.7 Å². The lowest BCUT2D eigenvalue weighted by molar-refractivity contribution is 0.0958. The molecule has 68 valence electrons. The molecule has 2 rings (SSSR count). The van der Waals surface area contributed by atoms with Crippen LogP contribution < -0.4 is 9.47 Å². The monoisotopic (exact) mass is 179 g/mol. The fourth-order valence-corrected chi connectivity index (χ4v) is 1.34. The van der Waals surface area contributed by atoms with Gasteiger partial charge in [0.2, 0.25) is 11.7 Å². The quantitative estimate of drug-likeness (QED) is 0.644. The summed E-state index contributed by atoms with van der Waals surface area (Å²) in [4.78, 5) is 15.4. The number of carbonyl (C=O) groups excluding carboxylic acids is 1. The molecule has 2 heterocycles. The van der Waals surface area contributed by atoms with Gasteiger partial charge in [0, 0.05) is 11.8 Å². The molecular formula is C9H9NO3. The van der Waals surface area contributed by atoms with Crippen LogP contribution >= 0.6 is 0 Å². The molecule has 4 nitrogen and oxygen atoms in total. The molecule has 0 aliphatic carbocycles. The van der Waals surface area contributed by atoms with E-state index in [0.29, 0.717) is 17.2 Å². The predicted molar refractivity (Wildman–Crippen MR) is 45.4 cm³/mol. The Balaban J connectivity index is 2.64. The van der Waals surface area contributed by atoms with Gasteiger partial charge in [0.25, 0.3) is 0 Å². The third-order valence-corrected chi connectivity index (χ3v) is 1.92. The summed E-state index contributed by atoms with van der Waals surface area (Å²) in [6.07, 6.45) is 0. The average Bonchev–Trinajstić information content (AvgIpc) is 2.46. The van der Waals surface area contributed by atoms with Crippen molar-refractivity contribution < 1.29 is 14.3 Å². The number of ether oxygens (including phenoxy) is 2. The number of hydrogen-bond acceptors (Lipinski definition) is 4. The van der Waals surface area contributed by atoms with Gasteiger partial charge in [0.1, 0.15) is 11.3 Å². The Morgan fingerprint density at radius 3 is 3.08 bits per heavy atom. The van der Waals surface area contributed by atoms with Crippen molar-refractivity contribution in [2.24, 2.45) is 0 Å². The second-order valence-corrected chi connectivity index (χ2v) is 2.86. The van der Waals surface area contributed by atoms with Gasteiger partial charge < -0.3 is 9.47 Å². The molecular weight excluding hydrogens is 170 g/mol. The summed E-state index contributed by atoms with van der Waals surface area (Å²) in [5.74, 6) is 0.867. The first-order valence-corrected chi connectivity index (χ1v) is 3.94. The minimum atomic E-state index is -0.0700. The molecule has 4 heteroatoms. The van der Waals surface area contributed by atoms with E-state index in [2.05, 4.69) is 4.98 Å². The first kappa shape index (κ1) is 8.04. The number of hydrogen-bond donors (Lipinski definition) is 0. The lowest BCUT2D eigenvalue weighted by Gasteiger charge is -2.04. The molecule has 0 atom stereocenters. The molecule has 1 aromatic heterocycles. The van der Waals surface area contributed by atoms with E-state index in [4.69, 9.17) is 9.47 Å². The van der Waals surface area contributed by atoms with Crippen LogP contribution in [0.25, 0.3) is 0 Å². The van der Waals surface area contributed by atoms with Crippen LogP contribution in [0, 0.1) is 6.92 Å². The highest BCUT2D eigenvalue weighted by molar-refractivity contribution is 6.04. The van der Waals surface area contributed by atoms with E-state index in [1.807, 2.05) is 6.92 Å². The molecule has 0 radical (unpaired) electrons. The molecule has 0 saturated heterocycles. The zero-order valence-electron chi connectivity index (χ0n) is 7.46. The minimum absolute atomic E-state index is 0.0700. The fraction of sp³-hybridized carbons (Fsp3) is 0.333. The molecule has 13 heavy (non-hydrogen) atoms. The van der Waals surface area contributed by atoms with E-state index in [0.717, 1.165) is 5.69 Å². The van der Waals surface area contributed by atoms with Gasteiger partial charge in [0.05, 0.1) is 7.11 Å². The summed E-state index contributed by atoms with van der Waals surface area (Å²) in [7, 11) is 1.53. The molecule has 0 aromatic carbocycles. The number of ketones is 1. The number of Topliss-reactive ketones (excluding diaryl/α,β-unsaturated/α-hetero) is 1. The van der Waals surface area contributed by atoms with Crippen LogP contribution in [0.1, 0.15) is 16.1 Å². The van der Waals surface area contributed by atoms with Crippen LogP contribution in [-0.4, -0.2) is 24.5 Å². The standard InChI is InChI=1S/C9H9NO3/c1-5-3-7(12-2)8-6(11)4-13-9(8)10-5/h3H,4H2,1-2H3. The predicted octanol–water partition coefficient (Wildman–Crippen LogP) is 0.974. The average molecular weight is 179 g/mol. The smallest absolute Gasteiger partial charge is 0.229 e. The highest BCUT2D eigenvalue weighted by Gasteiger charge is 2.27. The highest BCUT2D eigenvalue weighted by atomic mass is 16.5. The summed E-state index contributed by atoms with van der Waals surface area (Å²) in [5.41, 5.74) is 1.25. The van der Waals surface area contributed by atoms with Gasteiger partial charge >= 0.3 is 0 Å². The second kappa shape index (κ2) is 2.73. The van der Waals surface area contributed by atoms with E-state index in [-0.39, 0.29) is 12.4 Å². The first-order valence-electron chi connectivity index (χ1n) is 3.94. The van der Waals surface area contributed by atoms with Crippen molar-refractivity contribution in [1.29, 1.82) is 0 Å². The summed E-state index contributed by atoms with van der Waals surface area (Å²) in [6, 6.07) is 1.73. The SMILES string of the molecule is COc1cc(C)nc2c1C(=O)CO2. The molecule has 1 aliphatic heterocycles. The molecule has 0 spiro atoms. The Morgan fingerprint density at radius 1 is 1.62 bits per heavy atom. The van der Waals surface area contributed by atoms with Crippen LogP contribution in [0.4, 0.5) is 0 Å². The molecule has 0 saturated carbocycles.